The molecule has 6 heteroatoms. The minimum atomic E-state index is -4.08. The van der Waals surface area contributed by atoms with Crippen LogP contribution in [0.25, 0.3) is 0 Å². The molecule has 2 aromatic carbocycles. The van der Waals surface area contributed by atoms with E-state index in [9.17, 15) is 9.46 Å². The van der Waals surface area contributed by atoms with E-state index < -0.39 is 7.82 Å². The summed E-state index contributed by atoms with van der Waals surface area (Å²) < 4.78 is 21.5. The van der Waals surface area contributed by atoms with Gasteiger partial charge in [-0.05, 0) is 17.7 Å². The summed E-state index contributed by atoms with van der Waals surface area (Å²) in [5, 5.41) is 0. The van der Waals surface area contributed by atoms with Crippen molar-refractivity contribution in [3.05, 3.63) is 66.2 Å². The summed E-state index contributed by atoms with van der Waals surface area (Å²) in [6, 6.07) is 17.5. The molecule has 1 unspecified atom stereocenters. The normalized spacial score (nSPS) is 13.1. The van der Waals surface area contributed by atoms with Gasteiger partial charge in [-0.15, -0.1) is 12.4 Å². The molecule has 19 heavy (non-hydrogen) atoms. The van der Waals surface area contributed by atoms with Crippen molar-refractivity contribution in [2.45, 2.75) is 6.61 Å². The topological polar surface area (TPSA) is 55.8 Å². The summed E-state index contributed by atoms with van der Waals surface area (Å²) >= 11 is 0. The van der Waals surface area contributed by atoms with Gasteiger partial charge >= 0.3 is 7.82 Å². The van der Waals surface area contributed by atoms with Gasteiger partial charge in [-0.1, -0.05) is 48.5 Å². The lowest BCUT2D eigenvalue weighted by Crippen LogP contribution is -1.97. The third kappa shape index (κ3) is 5.45. The van der Waals surface area contributed by atoms with Crippen LogP contribution in [-0.4, -0.2) is 4.89 Å². The molecule has 2 rings (SSSR count). The highest BCUT2D eigenvalue weighted by atomic mass is 35.5. The first-order chi connectivity index (χ1) is 8.66. The number of hydrogen-bond acceptors (Lipinski definition) is 3. The molecule has 0 radical (unpaired) electrons. The van der Waals surface area contributed by atoms with Crippen molar-refractivity contribution in [3.8, 4) is 5.75 Å². The second-order valence-electron chi connectivity index (χ2n) is 3.63. The van der Waals surface area contributed by atoms with Crippen LogP contribution in [0.1, 0.15) is 5.56 Å². The number of rotatable bonds is 5. The Kier molecular flexibility index (Phi) is 6.06. The Bertz CT molecular complexity index is 533. The molecule has 0 aliphatic heterocycles. The third-order valence-corrected chi connectivity index (χ3v) is 3.10. The Labute approximate surface area is 118 Å². The molecular formula is C13H14ClO4P. The molecule has 0 aliphatic rings. The van der Waals surface area contributed by atoms with E-state index in [4.69, 9.17) is 9.05 Å². The van der Waals surface area contributed by atoms with Gasteiger partial charge in [0.15, 0.2) is 0 Å². The molecule has 0 saturated heterocycles. The fourth-order valence-electron chi connectivity index (χ4n) is 1.37. The van der Waals surface area contributed by atoms with Crippen LogP contribution in [0.3, 0.4) is 0 Å². The van der Waals surface area contributed by atoms with E-state index in [0.717, 1.165) is 5.56 Å². The van der Waals surface area contributed by atoms with Crippen molar-refractivity contribution in [2.75, 3.05) is 0 Å². The minimum absolute atomic E-state index is 0. The van der Waals surface area contributed by atoms with Gasteiger partial charge in [0.2, 0.25) is 0 Å². The maximum absolute atomic E-state index is 11.7. The lowest BCUT2D eigenvalue weighted by atomic mass is 10.2. The summed E-state index contributed by atoms with van der Waals surface area (Å²) in [4.78, 5) is 9.54. The standard InChI is InChI=1S/C13H13O4P.ClH/c14-18(15,17-13-9-5-2-6-10-13)16-11-12-7-3-1-4-8-12;/h1-10H,11H2,(H,14,15);1H. The highest BCUT2D eigenvalue weighted by Crippen LogP contribution is 2.44. The Morgan fingerprint density at radius 2 is 1.47 bits per heavy atom. The van der Waals surface area contributed by atoms with Gasteiger partial charge < -0.3 is 4.52 Å². The predicted molar refractivity (Wildman–Crippen MR) is 75.4 cm³/mol. The second-order valence-corrected chi connectivity index (χ2v) is 5.01. The van der Waals surface area contributed by atoms with Crippen molar-refractivity contribution in [2.24, 2.45) is 0 Å². The zero-order chi connectivity index (χ0) is 12.8. The maximum atomic E-state index is 11.7. The SMILES string of the molecule is Cl.O=P(O)(OCc1ccccc1)Oc1ccccc1. The molecular weight excluding hydrogens is 287 g/mol. The molecule has 0 aromatic heterocycles. The molecule has 102 valence electrons. The van der Waals surface area contributed by atoms with E-state index in [-0.39, 0.29) is 19.0 Å². The number of para-hydroxylation sites is 1. The number of halogens is 1. The summed E-state index contributed by atoms with van der Waals surface area (Å²) in [6.07, 6.45) is 0. The van der Waals surface area contributed by atoms with Crippen molar-refractivity contribution in [1.29, 1.82) is 0 Å². The van der Waals surface area contributed by atoms with E-state index in [1.165, 1.54) is 0 Å². The summed E-state index contributed by atoms with van der Waals surface area (Å²) in [7, 11) is -4.08. The molecule has 1 atom stereocenters. The Hall–Kier alpha value is -1.32. The molecule has 0 saturated carbocycles. The highest BCUT2D eigenvalue weighted by Gasteiger charge is 2.22. The predicted octanol–water partition coefficient (Wildman–Crippen LogP) is 3.80. The van der Waals surface area contributed by atoms with Gasteiger partial charge in [-0.3, -0.25) is 9.42 Å². The molecule has 4 nitrogen and oxygen atoms in total. The Balaban J connectivity index is 0.00000180. The lowest BCUT2D eigenvalue weighted by molar-refractivity contribution is 0.195. The zero-order valence-electron chi connectivity index (χ0n) is 10.0. The van der Waals surface area contributed by atoms with Crippen LogP contribution in [0, 0.1) is 0 Å². The average Bonchev–Trinajstić information content (AvgIpc) is 2.38. The first kappa shape index (κ1) is 15.7. The number of phosphoric acid groups is 1. The smallest absolute Gasteiger partial charge is 0.404 e. The van der Waals surface area contributed by atoms with Crippen molar-refractivity contribution < 1.29 is 18.5 Å². The number of phosphoric ester groups is 1. The first-order valence-corrected chi connectivity index (χ1v) is 6.91. The molecule has 0 bridgehead atoms. The van der Waals surface area contributed by atoms with Gasteiger partial charge in [0.25, 0.3) is 0 Å². The fraction of sp³-hybridized carbons (Fsp3) is 0.0769. The molecule has 1 N–H and O–H groups in total. The fourth-order valence-corrected chi connectivity index (χ4v) is 2.12. The number of hydrogen-bond donors (Lipinski definition) is 1. The molecule has 0 spiro atoms. The van der Waals surface area contributed by atoms with Gasteiger partial charge in [-0.25, -0.2) is 4.57 Å². The van der Waals surface area contributed by atoms with Gasteiger partial charge in [0, 0.05) is 0 Å². The Morgan fingerprint density at radius 3 is 2.05 bits per heavy atom. The van der Waals surface area contributed by atoms with E-state index in [2.05, 4.69) is 0 Å². The lowest BCUT2D eigenvalue weighted by Gasteiger charge is -2.12. The largest absolute Gasteiger partial charge is 0.527 e. The van der Waals surface area contributed by atoms with Crippen LogP contribution in [0.4, 0.5) is 0 Å². The number of benzene rings is 2. The second kappa shape index (κ2) is 7.31. The quantitative estimate of drug-likeness (QED) is 0.853. The van der Waals surface area contributed by atoms with Crippen LogP contribution < -0.4 is 4.52 Å². The van der Waals surface area contributed by atoms with Gasteiger partial charge in [-0.2, -0.15) is 0 Å². The third-order valence-electron chi connectivity index (χ3n) is 2.20. The zero-order valence-corrected chi connectivity index (χ0v) is 11.7. The van der Waals surface area contributed by atoms with E-state index in [1.54, 1.807) is 30.3 Å². The summed E-state index contributed by atoms with van der Waals surface area (Å²) in [5.41, 5.74) is 0.809. The van der Waals surface area contributed by atoms with E-state index >= 15 is 0 Å². The van der Waals surface area contributed by atoms with Crippen LogP contribution in [0.5, 0.6) is 5.75 Å². The molecule has 0 amide bonds. The Morgan fingerprint density at radius 1 is 0.947 bits per heavy atom. The van der Waals surface area contributed by atoms with Crippen molar-refractivity contribution in [1.82, 2.24) is 0 Å². The minimum Gasteiger partial charge on any atom is -0.404 e. The summed E-state index contributed by atoms with van der Waals surface area (Å²) in [6.45, 7) is 0.0292. The highest BCUT2D eigenvalue weighted by molar-refractivity contribution is 7.47. The maximum Gasteiger partial charge on any atom is 0.527 e. The monoisotopic (exact) mass is 300 g/mol. The van der Waals surface area contributed by atoms with Crippen LogP contribution in [0.2, 0.25) is 0 Å². The van der Waals surface area contributed by atoms with Crippen LogP contribution in [-0.2, 0) is 15.7 Å². The molecule has 0 heterocycles. The van der Waals surface area contributed by atoms with E-state index in [1.807, 2.05) is 30.3 Å². The van der Waals surface area contributed by atoms with Crippen LogP contribution in [0.15, 0.2) is 60.7 Å². The average molecular weight is 301 g/mol. The van der Waals surface area contributed by atoms with Gasteiger partial charge in [0.1, 0.15) is 5.75 Å². The van der Waals surface area contributed by atoms with Gasteiger partial charge in [0.05, 0.1) is 6.61 Å². The summed E-state index contributed by atoms with van der Waals surface area (Å²) in [5.74, 6) is 0.302. The van der Waals surface area contributed by atoms with Crippen LogP contribution >= 0.6 is 20.2 Å². The molecule has 0 aliphatic carbocycles. The van der Waals surface area contributed by atoms with E-state index in [0.29, 0.717) is 5.75 Å². The first-order valence-electron chi connectivity index (χ1n) is 5.42. The molecule has 0 fully saturated rings. The van der Waals surface area contributed by atoms with Crippen molar-refractivity contribution in [3.63, 3.8) is 0 Å². The molecule has 2 aromatic rings. The van der Waals surface area contributed by atoms with Crippen molar-refractivity contribution >= 4 is 20.2 Å².